The summed E-state index contributed by atoms with van der Waals surface area (Å²) >= 11 is 0. The lowest BCUT2D eigenvalue weighted by Gasteiger charge is -2.39. The van der Waals surface area contributed by atoms with Crippen LogP contribution in [0, 0.1) is 6.92 Å². The maximum Gasteiger partial charge on any atom is 0.418 e. The molecule has 38 heavy (non-hydrogen) atoms. The van der Waals surface area contributed by atoms with Gasteiger partial charge in [-0.1, -0.05) is 29.8 Å². The molecule has 3 aliphatic rings. The Morgan fingerprint density at radius 3 is 2.53 bits per heavy atom. The predicted molar refractivity (Wildman–Crippen MR) is 134 cm³/mol. The van der Waals surface area contributed by atoms with Crippen molar-refractivity contribution in [2.75, 3.05) is 32.8 Å². The van der Waals surface area contributed by atoms with Crippen molar-refractivity contribution in [1.29, 1.82) is 0 Å². The fourth-order valence-electron chi connectivity index (χ4n) is 5.22. The first-order valence-corrected chi connectivity index (χ1v) is 12.5. The molecule has 8 nitrogen and oxygen atoms in total. The SMILES string of the molecule is Cc1ccc(OC2(C(=O)N3CCN(C4=CC=CCN4)C3)CCCN2C(=O)c2cn(C)cc2C(F)(F)F)cc1. The number of hydrogen-bond acceptors (Lipinski definition) is 5. The van der Waals surface area contributed by atoms with Crippen LogP contribution in [0.1, 0.15) is 34.3 Å². The maximum atomic E-state index is 14.2. The number of carbonyl (C=O) groups is 2. The third kappa shape index (κ3) is 4.72. The maximum absolute atomic E-state index is 14.2. The topological polar surface area (TPSA) is 70.1 Å². The molecular weight excluding hydrogens is 499 g/mol. The van der Waals surface area contributed by atoms with Crippen LogP contribution in [0.3, 0.4) is 0 Å². The molecule has 2 fully saturated rings. The van der Waals surface area contributed by atoms with Gasteiger partial charge in [-0.15, -0.1) is 0 Å². The summed E-state index contributed by atoms with van der Waals surface area (Å²) < 4.78 is 48.9. The third-order valence-corrected chi connectivity index (χ3v) is 7.11. The number of likely N-dealkylation sites (tertiary alicyclic amines) is 1. The van der Waals surface area contributed by atoms with Crippen LogP contribution in [0.4, 0.5) is 13.2 Å². The molecule has 1 unspecified atom stereocenters. The van der Waals surface area contributed by atoms with Gasteiger partial charge in [0.15, 0.2) is 0 Å². The van der Waals surface area contributed by atoms with Crippen molar-refractivity contribution in [3.63, 3.8) is 0 Å². The lowest BCUT2D eigenvalue weighted by atomic mass is 10.1. The molecule has 202 valence electrons. The number of carbonyl (C=O) groups excluding carboxylic acids is 2. The van der Waals surface area contributed by atoms with Crippen molar-refractivity contribution in [2.24, 2.45) is 7.05 Å². The van der Waals surface area contributed by atoms with E-state index in [2.05, 4.69) is 5.32 Å². The number of hydrogen-bond donors (Lipinski definition) is 1. The van der Waals surface area contributed by atoms with E-state index in [0.29, 0.717) is 31.8 Å². The highest BCUT2D eigenvalue weighted by Gasteiger charge is 2.56. The second kappa shape index (κ2) is 9.77. The van der Waals surface area contributed by atoms with Crippen LogP contribution in [0.15, 0.2) is 60.7 Å². The highest BCUT2D eigenvalue weighted by Crippen LogP contribution is 2.39. The van der Waals surface area contributed by atoms with E-state index in [4.69, 9.17) is 4.74 Å². The molecule has 0 aliphatic carbocycles. The second-order valence-electron chi connectivity index (χ2n) is 9.84. The molecule has 2 aromatic rings. The summed E-state index contributed by atoms with van der Waals surface area (Å²) in [5, 5.41) is 3.27. The van der Waals surface area contributed by atoms with Crippen LogP contribution in [-0.2, 0) is 18.0 Å². The summed E-state index contributed by atoms with van der Waals surface area (Å²) in [6, 6.07) is 7.04. The Kier molecular flexibility index (Phi) is 6.62. The number of aromatic nitrogens is 1. The summed E-state index contributed by atoms with van der Waals surface area (Å²) in [4.78, 5) is 32.8. The van der Waals surface area contributed by atoms with E-state index >= 15 is 0 Å². The van der Waals surface area contributed by atoms with E-state index in [1.54, 1.807) is 17.0 Å². The number of alkyl halides is 3. The number of allylic oxidation sites excluding steroid dienone is 2. The van der Waals surface area contributed by atoms with Crippen molar-refractivity contribution in [1.82, 2.24) is 24.6 Å². The van der Waals surface area contributed by atoms with Gasteiger partial charge in [-0.05, 0) is 31.6 Å². The number of rotatable bonds is 5. The summed E-state index contributed by atoms with van der Waals surface area (Å²) in [6.45, 7) is 3.92. The number of ether oxygens (including phenoxy) is 1. The van der Waals surface area contributed by atoms with Gasteiger partial charge >= 0.3 is 6.18 Å². The average molecular weight is 530 g/mol. The van der Waals surface area contributed by atoms with E-state index in [-0.39, 0.29) is 19.6 Å². The first kappa shape index (κ1) is 25.7. The third-order valence-electron chi connectivity index (χ3n) is 7.11. The Morgan fingerprint density at radius 1 is 1.08 bits per heavy atom. The second-order valence-corrected chi connectivity index (χ2v) is 9.84. The molecule has 3 aliphatic heterocycles. The van der Waals surface area contributed by atoms with Gasteiger partial charge < -0.3 is 24.4 Å². The van der Waals surface area contributed by atoms with Crippen LogP contribution in [0.2, 0.25) is 0 Å². The van der Waals surface area contributed by atoms with Crippen molar-refractivity contribution >= 4 is 11.8 Å². The van der Waals surface area contributed by atoms with Crippen LogP contribution < -0.4 is 10.1 Å². The number of halogens is 3. The fourth-order valence-corrected chi connectivity index (χ4v) is 5.22. The van der Waals surface area contributed by atoms with Gasteiger partial charge in [0.2, 0.25) is 0 Å². The summed E-state index contributed by atoms with van der Waals surface area (Å²) in [5.74, 6) is -0.0723. The van der Waals surface area contributed by atoms with Gasteiger partial charge in [0.1, 0.15) is 11.6 Å². The van der Waals surface area contributed by atoms with E-state index in [1.807, 2.05) is 42.2 Å². The van der Waals surface area contributed by atoms with Gasteiger partial charge in [-0.3, -0.25) is 14.5 Å². The van der Waals surface area contributed by atoms with Gasteiger partial charge in [0.05, 0.1) is 17.8 Å². The molecule has 0 radical (unpaired) electrons. The molecular formula is C27H30F3N5O3. The Labute approximate surface area is 218 Å². The van der Waals surface area contributed by atoms with E-state index in [9.17, 15) is 22.8 Å². The molecule has 0 saturated carbocycles. The molecule has 0 spiro atoms. The standard InChI is InChI=1S/C27H30F3N5O3/c1-19-7-9-20(10-8-19)38-26(25(37)34-15-14-33(18-34)23-6-3-4-12-31-23)11-5-13-35(26)24(36)21-16-32(2)17-22(21)27(28,29)30/h3-4,6-10,16-17,31H,5,11-15,18H2,1-2H3. The minimum atomic E-state index is -4.72. The number of nitrogens with zero attached hydrogens (tertiary/aromatic N) is 4. The fraction of sp³-hybridized carbons (Fsp3) is 0.407. The van der Waals surface area contributed by atoms with Crippen molar-refractivity contribution < 1.29 is 27.5 Å². The smallest absolute Gasteiger partial charge is 0.418 e. The van der Waals surface area contributed by atoms with Crippen molar-refractivity contribution in [3.8, 4) is 5.75 Å². The van der Waals surface area contributed by atoms with Gasteiger partial charge in [-0.25, -0.2) is 0 Å². The minimum Gasteiger partial charge on any atom is -0.458 e. The molecule has 1 N–H and O–H groups in total. The molecule has 11 heteroatoms. The van der Waals surface area contributed by atoms with E-state index in [0.717, 1.165) is 23.8 Å². The molecule has 2 amide bonds. The molecule has 2 saturated heterocycles. The lowest BCUT2D eigenvalue weighted by Crippen LogP contribution is -2.61. The number of nitrogens with one attached hydrogen (secondary N) is 1. The zero-order valence-corrected chi connectivity index (χ0v) is 21.3. The molecule has 4 heterocycles. The minimum absolute atomic E-state index is 0.0949. The predicted octanol–water partition coefficient (Wildman–Crippen LogP) is 3.47. The van der Waals surface area contributed by atoms with Gasteiger partial charge in [0.25, 0.3) is 17.5 Å². The van der Waals surface area contributed by atoms with Gasteiger partial charge in [0, 0.05) is 52.0 Å². The number of dihydropyridines is 1. The molecule has 1 aromatic heterocycles. The monoisotopic (exact) mass is 529 g/mol. The van der Waals surface area contributed by atoms with Crippen LogP contribution in [-0.4, -0.2) is 69.7 Å². The Bertz CT molecular complexity index is 1280. The Hall–Kier alpha value is -3.89. The molecule has 0 bridgehead atoms. The Balaban J connectivity index is 1.50. The highest BCUT2D eigenvalue weighted by molar-refractivity contribution is 6.00. The number of aryl methyl sites for hydroxylation is 2. The largest absolute Gasteiger partial charge is 0.458 e. The summed E-state index contributed by atoms with van der Waals surface area (Å²) in [7, 11) is 1.43. The normalized spacial score (nSPS) is 21.5. The van der Waals surface area contributed by atoms with Crippen LogP contribution in [0.25, 0.3) is 0 Å². The average Bonchev–Trinajstić information content (AvgIpc) is 3.64. The molecule has 1 atom stereocenters. The van der Waals surface area contributed by atoms with Crippen molar-refractivity contribution in [3.05, 3.63) is 77.4 Å². The number of amides is 2. The van der Waals surface area contributed by atoms with Crippen molar-refractivity contribution in [2.45, 2.75) is 31.7 Å². The van der Waals surface area contributed by atoms with E-state index in [1.165, 1.54) is 16.5 Å². The number of benzene rings is 1. The lowest BCUT2D eigenvalue weighted by molar-refractivity contribution is -0.159. The van der Waals surface area contributed by atoms with Gasteiger partial charge in [-0.2, -0.15) is 13.2 Å². The summed E-state index contributed by atoms with van der Waals surface area (Å²) in [5.41, 5.74) is -2.33. The zero-order valence-electron chi connectivity index (χ0n) is 21.3. The quantitative estimate of drug-likeness (QED) is 0.643. The van der Waals surface area contributed by atoms with E-state index < -0.39 is 34.8 Å². The highest BCUT2D eigenvalue weighted by atomic mass is 19.4. The first-order valence-electron chi connectivity index (χ1n) is 12.5. The van der Waals surface area contributed by atoms with Crippen LogP contribution in [0.5, 0.6) is 5.75 Å². The first-order chi connectivity index (χ1) is 18.1. The summed E-state index contributed by atoms with van der Waals surface area (Å²) in [6.07, 6.45) is 3.73. The molecule has 1 aromatic carbocycles. The zero-order chi connectivity index (χ0) is 27.1. The molecule has 5 rings (SSSR count). The van der Waals surface area contributed by atoms with Crippen LogP contribution >= 0.6 is 0 Å². The Morgan fingerprint density at radius 2 is 1.84 bits per heavy atom.